The van der Waals surface area contributed by atoms with Gasteiger partial charge in [0.05, 0.1) is 17.1 Å². The normalized spacial score (nSPS) is 18.8. The Bertz CT molecular complexity index is 1840. The van der Waals surface area contributed by atoms with Gasteiger partial charge >= 0.3 is 6.09 Å². The van der Waals surface area contributed by atoms with E-state index < -0.39 is 21.5 Å². The van der Waals surface area contributed by atoms with E-state index in [4.69, 9.17) is 60.6 Å². The van der Waals surface area contributed by atoms with Crippen molar-refractivity contribution in [3.63, 3.8) is 0 Å². The lowest BCUT2D eigenvalue weighted by Gasteiger charge is -2.48. The number of hydrogen-bond acceptors (Lipinski definition) is 6. The first kappa shape index (κ1) is 39.6. The van der Waals surface area contributed by atoms with Crippen LogP contribution in [0.3, 0.4) is 0 Å². The van der Waals surface area contributed by atoms with Crippen molar-refractivity contribution in [3.05, 3.63) is 99.1 Å². The van der Waals surface area contributed by atoms with E-state index in [2.05, 4.69) is 36.5 Å². The Morgan fingerprint density at radius 3 is 2.23 bits per heavy atom. The lowest BCUT2D eigenvalue weighted by molar-refractivity contribution is -0.128. The van der Waals surface area contributed by atoms with Crippen LogP contribution in [0, 0.1) is 20.8 Å². The van der Waals surface area contributed by atoms with Gasteiger partial charge in [0, 0.05) is 31.2 Å². The van der Waals surface area contributed by atoms with Gasteiger partial charge in [0.1, 0.15) is 24.7 Å². The Balaban J connectivity index is 1.26. The second kappa shape index (κ2) is 16.3. The summed E-state index contributed by atoms with van der Waals surface area (Å²) in [6.45, 7) is 11.4. The molecule has 6 rings (SSSR count). The lowest BCUT2D eigenvalue weighted by Crippen LogP contribution is -2.64. The number of piperazine rings is 1. The van der Waals surface area contributed by atoms with E-state index in [1.165, 1.54) is 11.1 Å². The van der Waals surface area contributed by atoms with Crippen LogP contribution >= 0.6 is 46.4 Å². The number of ether oxygens (including phenoxy) is 3. The van der Waals surface area contributed by atoms with Gasteiger partial charge in [0.25, 0.3) is 5.91 Å². The number of fused-ring (bicyclic) bond motifs is 2. The van der Waals surface area contributed by atoms with Gasteiger partial charge in [0.2, 0.25) is 3.79 Å². The molecule has 2 atom stereocenters. The molecule has 8 nitrogen and oxygen atoms in total. The number of rotatable bonds is 12. The number of amides is 2. The molecule has 2 unspecified atom stereocenters. The van der Waals surface area contributed by atoms with Crippen molar-refractivity contribution in [1.82, 2.24) is 15.1 Å². The van der Waals surface area contributed by atoms with Crippen LogP contribution in [0.1, 0.15) is 60.9 Å². The highest BCUT2D eigenvalue weighted by molar-refractivity contribution is 6.68. The molecule has 2 amide bonds. The summed E-state index contributed by atoms with van der Waals surface area (Å²) in [6.07, 6.45) is 2.44. The third-order valence-corrected chi connectivity index (χ3v) is 12.0. The number of nitrogens with one attached hydrogen (secondary N) is 1. The zero-order chi connectivity index (χ0) is 38.1. The summed E-state index contributed by atoms with van der Waals surface area (Å²) < 4.78 is 15.9. The topological polar surface area (TPSA) is 80.3 Å². The molecule has 0 radical (unpaired) electrons. The van der Waals surface area contributed by atoms with Crippen molar-refractivity contribution in [3.8, 4) is 11.5 Å². The third kappa shape index (κ3) is 9.22. The molecule has 284 valence electrons. The molecule has 3 aromatic rings. The first-order chi connectivity index (χ1) is 25.1. The van der Waals surface area contributed by atoms with Gasteiger partial charge in [-0.1, -0.05) is 88.4 Å². The molecule has 0 spiro atoms. The highest BCUT2D eigenvalue weighted by Gasteiger charge is 2.50. The zero-order valence-corrected chi connectivity index (χ0v) is 33.8. The Labute approximate surface area is 332 Å². The van der Waals surface area contributed by atoms with E-state index in [-0.39, 0.29) is 18.0 Å². The summed E-state index contributed by atoms with van der Waals surface area (Å²) in [4.78, 5) is 32.6. The molecule has 1 N–H and O–H groups in total. The van der Waals surface area contributed by atoms with Crippen molar-refractivity contribution >= 4 is 64.0 Å². The van der Waals surface area contributed by atoms with Crippen molar-refractivity contribution in [1.29, 1.82) is 0 Å². The van der Waals surface area contributed by atoms with E-state index in [9.17, 15) is 9.59 Å². The fraction of sp³-hybridized carbons (Fsp3) is 0.463. The van der Waals surface area contributed by atoms with E-state index in [0.29, 0.717) is 61.4 Å². The van der Waals surface area contributed by atoms with Gasteiger partial charge in [0.15, 0.2) is 5.60 Å². The van der Waals surface area contributed by atoms with Gasteiger partial charge in [-0.15, -0.1) is 0 Å². The molecule has 3 aliphatic rings. The monoisotopic (exact) mass is 801 g/mol. The molecule has 2 aliphatic heterocycles. The van der Waals surface area contributed by atoms with Crippen LogP contribution in [-0.4, -0.2) is 82.2 Å². The van der Waals surface area contributed by atoms with Gasteiger partial charge in [-0.05, 0) is 112 Å². The number of nitrogens with zero attached hydrogens (tertiary/aromatic N) is 2. The molecule has 1 aliphatic carbocycles. The number of alkyl halides is 3. The van der Waals surface area contributed by atoms with Crippen molar-refractivity contribution in [2.24, 2.45) is 0 Å². The van der Waals surface area contributed by atoms with Crippen molar-refractivity contribution in [2.75, 3.05) is 32.8 Å². The quantitative estimate of drug-likeness (QED) is 0.146. The largest absolute Gasteiger partial charge is 0.490 e. The number of carbonyl (C=O) groups excluding carboxylic acids is 2. The predicted octanol–water partition coefficient (Wildman–Crippen LogP) is 9.04. The molecule has 3 aromatic carbocycles. The maximum absolute atomic E-state index is 14.9. The highest BCUT2D eigenvalue weighted by Crippen LogP contribution is 2.43. The molecule has 2 fully saturated rings. The smallest absolute Gasteiger partial charge is 0.411 e. The minimum atomic E-state index is -1.85. The van der Waals surface area contributed by atoms with Crippen LogP contribution in [-0.2, 0) is 16.0 Å². The molecule has 2 heterocycles. The second-order valence-corrected chi connectivity index (χ2v) is 17.4. The van der Waals surface area contributed by atoms with E-state index in [1.54, 1.807) is 18.7 Å². The fourth-order valence-corrected chi connectivity index (χ4v) is 7.26. The van der Waals surface area contributed by atoms with Gasteiger partial charge in [-0.25, -0.2) is 4.79 Å². The zero-order valence-electron chi connectivity index (χ0n) is 30.8. The van der Waals surface area contributed by atoms with Gasteiger partial charge < -0.3 is 24.4 Å². The van der Waals surface area contributed by atoms with Crippen LogP contribution in [0.5, 0.6) is 11.5 Å². The Morgan fingerprint density at radius 2 is 1.57 bits per heavy atom. The van der Waals surface area contributed by atoms with Crippen molar-refractivity contribution < 1.29 is 23.8 Å². The van der Waals surface area contributed by atoms with Gasteiger partial charge in [-0.2, -0.15) is 0 Å². The summed E-state index contributed by atoms with van der Waals surface area (Å²) in [7, 11) is 0. The maximum Gasteiger partial charge on any atom is 0.411 e. The second-order valence-electron chi connectivity index (χ2n) is 14.8. The molecule has 1 saturated heterocycles. The Morgan fingerprint density at radius 1 is 0.906 bits per heavy atom. The van der Waals surface area contributed by atoms with Crippen LogP contribution in [0.15, 0.2) is 66.2 Å². The SMILES string of the molecule is Cc1ccc(CCN(C(=O)C2=C(c3ccc(OCCOc4cc(C)c(C)cc4Cl)cc3)CC3CNCC2N3C(=O)OC(C)(C)C(Cl)(Cl)Cl)C2CC2)cc1. The first-order valence-corrected chi connectivity index (χ1v) is 19.6. The Hall–Kier alpha value is -3.14. The molecule has 53 heavy (non-hydrogen) atoms. The molecule has 2 bridgehead atoms. The van der Waals surface area contributed by atoms with Crippen LogP contribution < -0.4 is 14.8 Å². The van der Waals surface area contributed by atoms with E-state index in [0.717, 1.165) is 41.5 Å². The highest BCUT2D eigenvalue weighted by atomic mass is 35.6. The lowest BCUT2D eigenvalue weighted by atomic mass is 9.82. The van der Waals surface area contributed by atoms with E-state index >= 15 is 0 Å². The number of carbonyl (C=O) groups is 2. The molecule has 1 saturated carbocycles. The number of benzene rings is 3. The van der Waals surface area contributed by atoms with Crippen LogP contribution in [0.4, 0.5) is 4.79 Å². The minimum absolute atomic E-state index is 0.0670. The fourth-order valence-electron chi connectivity index (χ4n) is 6.87. The molecular weight excluding hydrogens is 756 g/mol. The molecule has 0 aromatic heterocycles. The molecule has 12 heteroatoms. The average molecular weight is 804 g/mol. The number of aryl methyl sites for hydroxylation is 3. The van der Waals surface area contributed by atoms with E-state index in [1.807, 2.05) is 55.1 Å². The summed E-state index contributed by atoms with van der Waals surface area (Å²) in [5.74, 6) is 1.23. The standard InChI is InChI=1S/C41H47Cl4N3O5/c1-25-6-8-28(9-7-25)16-17-47(30-12-13-30)38(49)37-33(22-31-23-46-24-35(37)48(31)39(50)53-40(4,5)41(43,44)45)29-10-14-32(15-11-29)51-18-19-52-36-21-27(3)26(2)20-34(36)42/h6-11,14-15,20-21,30-31,35,46H,12-13,16-19,22-24H2,1-5H3. The maximum atomic E-state index is 14.9. The molecular formula is C41H47Cl4N3O5. The van der Waals surface area contributed by atoms with Crippen molar-refractivity contribution in [2.45, 2.75) is 87.8 Å². The average Bonchev–Trinajstić information content (AvgIpc) is 3.94. The minimum Gasteiger partial charge on any atom is -0.490 e. The first-order valence-electron chi connectivity index (χ1n) is 18.1. The van der Waals surface area contributed by atoms with Crippen LogP contribution in [0.2, 0.25) is 5.02 Å². The summed E-state index contributed by atoms with van der Waals surface area (Å²) in [5.41, 5.74) is 5.56. The summed E-state index contributed by atoms with van der Waals surface area (Å²) >= 11 is 25.0. The summed E-state index contributed by atoms with van der Waals surface area (Å²) in [5, 5.41) is 4.02. The Kier molecular flexibility index (Phi) is 12.2. The number of hydrogen-bond donors (Lipinski definition) is 1. The number of halogens is 4. The van der Waals surface area contributed by atoms with Crippen LogP contribution in [0.25, 0.3) is 5.57 Å². The van der Waals surface area contributed by atoms with Gasteiger partial charge in [-0.3, -0.25) is 9.69 Å². The predicted molar refractivity (Wildman–Crippen MR) is 213 cm³/mol. The third-order valence-electron chi connectivity index (χ3n) is 10.4. The summed E-state index contributed by atoms with van der Waals surface area (Å²) in [6, 6.07) is 19.3.